The Bertz CT molecular complexity index is 1860. The van der Waals surface area contributed by atoms with E-state index >= 15 is 4.39 Å². The van der Waals surface area contributed by atoms with Gasteiger partial charge in [0.05, 0.1) is 17.5 Å². The third-order valence-corrected chi connectivity index (χ3v) is 18.2. The van der Waals surface area contributed by atoms with Crippen LogP contribution in [0.4, 0.5) is 4.39 Å². The molecule has 8 saturated carbocycles. The standard InChI is InChI=1S/C50H69FN4O2/c1-4-45-22-35-23-47(27-45,31-49(24-35,28-45)43(56)54-40-14-18-52-33(2)20-40)39-12-10-36(11-13-39)42-37-25-48(38-8-6-5-7-9-38)29-46(42,16-17-51)30-50(26-37,32-48)44(57)55-41-15-19-53-34(3)21-41/h5-13,33-35,37,40-42,52-53H,4,14-32H2,1-3H3,(H,54,56)(H,55,57)/t33-,34-,35?,37?,40+,41+,42?,45-,46-,47-,48-,49?,50?/m1/s1. The second-order valence-electron chi connectivity index (χ2n) is 22.0. The molecule has 0 aromatic heterocycles. The Morgan fingerprint density at radius 1 is 0.702 bits per heavy atom. The van der Waals surface area contributed by atoms with Crippen molar-refractivity contribution in [3.8, 4) is 0 Å². The summed E-state index contributed by atoms with van der Waals surface area (Å²) in [4.78, 5) is 29.3. The predicted octanol–water partition coefficient (Wildman–Crippen LogP) is 8.78. The zero-order chi connectivity index (χ0) is 39.3. The monoisotopic (exact) mass is 777 g/mol. The summed E-state index contributed by atoms with van der Waals surface area (Å²) in [7, 11) is 0. The van der Waals surface area contributed by atoms with Crippen molar-refractivity contribution >= 4 is 11.8 Å². The Hall–Kier alpha value is -2.77. The maximum absolute atomic E-state index is 15.1. The van der Waals surface area contributed by atoms with E-state index in [0.29, 0.717) is 36.2 Å². The summed E-state index contributed by atoms with van der Waals surface area (Å²) in [6.45, 7) is 8.40. The van der Waals surface area contributed by atoms with Gasteiger partial charge in [0.2, 0.25) is 11.8 Å². The zero-order valence-electron chi connectivity index (χ0n) is 35.1. The molecule has 13 atom stereocenters. The van der Waals surface area contributed by atoms with Crippen molar-refractivity contribution in [1.82, 2.24) is 21.3 Å². The smallest absolute Gasteiger partial charge is 0.226 e. The minimum Gasteiger partial charge on any atom is -0.353 e. The third-order valence-electron chi connectivity index (χ3n) is 18.2. The number of rotatable bonds is 10. The molecular weight excluding hydrogens is 708 g/mol. The highest BCUT2D eigenvalue weighted by atomic mass is 19.1. The highest BCUT2D eigenvalue weighted by Gasteiger charge is 2.70. The summed E-state index contributed by atoms with van der Waals surface area (Å²) in [5.41, 5.74) is 3.26. The van der Waals surface area contributed by atoms with Crippen LogP contribution in [0.25, 0.3) is 0 Å². The van der Waals surface area contributed by atoms with E-state index < -0.39 is 5.41 Å². The summed E-state index contributed by atoms with van der Waals surface area (Å²) in [6, 6.07) is 22.1. The van der Waals surface area contributed by atoms with Crippen LogP contribution in [0.2, 0.25) is 0 Å². The molecule has 2 aliphatic heterocycles. The van der Waals surface area contributed by atoms with Gasteiger partial charge in [0.1, 0.15) is 0 Å². The molecule has 5 unspecified atom stereocenters. The van der Waals surface area contributed by atoms with Gasteiger partial charge in [-0.3, -0.25) is 14.0 Å². The predicted molar refractivity (Wildman–Crippen MR) is 225 cm³/mol. The van der Waals surface area contributed by atoms with Gasteiger partial charge in [-0.25, -0.2) is 0 Å². The Morgan fingerprint density at radius 2 is 1.32 bits per heavy atom. The molecule has 2 amide bonds. The summed E-state index contributed by atoms with van der Waals surface area (Å²) < 4.78 is 15.1. The van der Waals surface area contributed by atoms with Gasteiger partial charge in [-0.15, -0.1) is 0 Å². The first kappa shape index (κ1) is 38.4. The first-order valence-electron chi connectivity index (χ1n) is 23.3. The highest BCUT2D eigenvalue weighted by Crippen LogP contribution is 2.76. The number of nitrogens with one attached hydrogen (secondary N) is 4. The fourth-order valence-electron chi connectivity index (χ4n) is 16.9. The van der Waals surface area contributed by atoms with Crippen molar-refractivity contribution in [2.45, 2.75) is 171 Å². The van der Waals surface area contributed by atoms with Gasteiger partial charge in [0, 0.05) is 24.2 Å². The van der Waals surface area contributed by atoms with Crippen LogP contribution < -0.4 is 21.3 Å². The van der Waals surface area contributed by atoms with E-state index in [1.54, 1.807) is 0 Å². The molecule has 2 saturated heterocycles. The van der Waals surface area contributed by atoms with E-state index in [1.807, 2.05) is 0 Å². The molecule has 57 heavy (non-hydrogen) atoms. The van der Waals surface area contributed by atoms with E-state index in [4.69, 9.17) is 0 Å². The summed E-state index contributed by atoms with van der Waals surface area (Å²) in [5.74, 6) is 1.74. The molecule has 10 aliphatic rings. The fourth-order valence-corrected chi connectivity index (χ4v) is 16.9. The topological polar surface area (TPSA) is 82.3 Å². The minimum absolute atomic E-state index is 0.0268. The number of amides is 2. The molecule has 8 aliphatic carbocycles. The number of halogens is 1. The van der Waals surface area contributed by atoms with Crippen molar-refractivity contribution in [1.29, 1.82) is 0 Å². The van der Waals surface area contributed by atoms with E-state index in [-0.39, 0.29) is 57.7 Å². The SMILES string of the molecule is CC[C@]12CC3CC(C(=O)N[C@H]4CCN[C@H](C)C4)(C1)C[C@@](c1ccc(C4C5CC6(C(=O)N[C@H]7CCN[C@H](C)C7)C[C@@](c7ccccc7)(C5)C[C@]4(CCF)C6)cc1)(C3)C2. The van der Waals surface area contributed by atoms with E-state index in [1.165, 1.54) is 36.0 Å². The first-order chi connectivity index (χ1) is 27.4. The van der Waals surface area contributed by atoms with Crippen molar-refractivity contribution in [2.24, 2.45) is 33.5 Å². The Morgan fingerprint density at radius 3 is 1.93 bits per heavy atom. The number of hydrogen-bond donors (Lipinski definition) is 4. The summed E-state index contributed by atoms with van der Waals surface area (Å²) in [5, 5.41) is 14.3. The van der Waals surface area contributed by atoms with Crippen LogP contribution >= 0.6 is 0 Å². The average Bonchev–Trinajstić information content (AvgIpc) is 3.18. The maximum Gasteiger partial charge on any atom is 0.226 e. The number of benzene rings is 2. The first-order valence-corrected chi connectivity index (χ1v) is 23.3. The van der Waals surface area contributed by atoms with Crippen LogP contribution in [0.15, 0.2) is 54.6 Å². The summed E-state index contributed by atoms with van der Waals surface area (Å²) in [6.07, 6.45) is 16.9. The molecule has 4 N–H and O–H groups in total. The Kier molecular flexibility index (Phi) is 9.37. The van der Waals surface area contributed by atoms with Gasteiger partial charge in [-0.05, 0) is 186 Å². The molecule has 2 aromatic rings. The second-order valence-corrected chi connectivity index (χ2v) is 22.0. The molecule has 0 radical (unpaired) electrons. The van der Waals surface area contributed by atoms with Gasteiger partial charge in [-0.1, -0.05) is 67.9 Å². The summed E-state index contributed by atoms with van der Waals surface area (Å²) >= 11 is 0. The fraction of sp³-hybridized carbons (Fsp3) is 0.720. The molecule has 10 fully saturated rings. The molecule has 8 bridgehead atoms. The number of alkyl halides is 1. The van der Waals surface area contributed by atoms with Crippen molar-refractivity contribution in [2.75, 3.05) is 19.8 Å². The van der Waals surface area contributed by atoms with Gasteiger partial charge in [0.15, 0.2) is 0 Å². The molecular formula is C50H69FN4O2. The third kappa shape index (κ3) is 6.27. The van der Waals surface area contributed by atoms with Crippen LogP contribution in [-0.2, 0) is 20.4 Å². The van der Waals surface area contributed by atoms with E-state index in [9.17, 15) is 9.59 Å². The molecule has 2 heterocycles. The Balaban J connectivity index is 0.969. The van der Waals surface area contributed by atoms with Crippen LogP contribution in [0.1, 0.15) is 153 Å². The number of hydrogen-bond acceptors (Lipinski definition) is 4. The minimum atomic E-state index is -0.467. The lowest BCUT2D eigenvalue weighted by atomic mass is 9.34. The lowest BCUT2D eigenvalue weighted by molar-refractivity contribution is -0.172. The normalized spacial score (nSPS) is 45.5. The molecule has 2 aromatic carbocycles. The van der Waals surface area contributed by atoms with Crippen molar-refractivity contribution in [3.63, 3.8) is 0 Å². The van der Waals surface area contributed by atoms with Crippen LogP contribution in [0.5, 0.6) is 0 Å². The molecule has 6 nitrogen and oxygen atoms in total. The molecule has 0 spiro atoms. The molecule has 7 heteroatoms. The largest absolute Gasteiger partial charge is 0.353 e. The highest BCUT2D eigenvalue weighted by molar-refractivity contribution is 5.85. The number of carbonyl (C=O) groups excluding carboxylic acids is 2. The quantitative estimate of drug-likeness (QED) is 0.195. The number of piperidine rings is 2. The number of carbonyl (C=O) groups is 2. The van der Waals surface area contributed by atoms with Gasteiger partial charge >= 0.3 is 0 Å². The van der Waals surface area contributed by atoms with Gasteiger partial charge in [0.25, 0.3) is 0 Å². The van der Waals surface area contributed by atoms with Crippen molar-refractivity contribution in [3.05, 3.63) is 71.3 Å². The van der Waals surface area contributed by atoms with Gasteiger partial charge in [-0.2, -0.15) is 0 Å². The molecule has 12 rings (SSSR count). The van der Waals surface area contributed by atoms with Crippen LogP contribution in [0, 0.1) is 33.5 Å². The second kappa shape index (κ2) is 13.9. The van der Waals surface area contributed by atoms with Gasteiger partial charge < -0.3 is 21.3 Å². The lowest BCUT2D eigenvalue weighted by Gasteiger charge is -2.69. The van der Waals surface area contributed by atoms with Crippen LogP contribution in [0.3, 0.4) is 0 Å². The Labute approximate surface area is 341 Å². The lowest BCUT2D eigenvalue weighted by Crippen LogP contribution is -2.66. The van der Waals surface area contributed by atoms with E-state index in [2.05, 4.69) is 96.6 Å². The van der Waals surface area contributed by atoms with Crippen LogP contribution in [-0.4, -0.2) is 55.7 Å². The zero-order valence-corrected chi connectivity index (χ0v) is 35.1. The van der Waals surface area contributed by atoms with E-state index in [0.717, 1.165) is 96.6 Å². The average molecular weight is 777 g/mol. The molecule has 308 valence electrons. The van der Waals surface area contributed by atoms with Crippen molar-refractivity contribution < 1.29 is 14.0 Å². The maximum atomic E-state index is 15.1.